The first-order valence-electron chi connectivity index (χ1n) is 7.97. The van der Waals surface area contributed by atoms with Crippen molar-refractivity contribution in [1.82, 2.24) is 5.32 Å². The Morgan fingerprint density at radius 3 is 2.24 bits per heavy atom. The monoisotopic (exact) mass is 376 g/mol. The largest absolute Gasteiger partial charge is 0.344 e. The number of hydrogen-bond donors (Lipinski definition) is 2. The van der Waals surface area contributed by atoms with Crippen molar-refractivity contribution in [3.8, 4) is 0 Å². The molecule has 2 amide bonds. The SMILES string of the molecule is CC(=O)NC(C(=O)Nc1ccc(Sc2ccccc2Cl)cc1)C(C)C. The zero-order valence-corrected chi connectivity index (χ0v) is 15.9. The minimum absolute atomic E-state index is 0.000971. The first kappa shape index (κ1) is 19.3. The van der Waals surface area contributed by atoms with Crippen molar-refractivity contribution < 1.29 is 9.59 Å². The fraction of sp³-hybridized carbons (Fsp3) is 0.263. The summed E-state index contributed by atoms with van der Waals surface area (Å²) in [7, 11) is 0. The lowest BCUT2D eigenvalue weighted by Crippen LogP contribution is -2.46. The third kappa shape index (κ3) is 5.80. The second-order valence-electron chi connectivity index (χ2n) is 5.97. The van der Waals surface area contributed by atoms with Gasteiger partial charge < -0.3 is 10.6 Å². The van der Waals surface area contributed by atoms with Crippen LogP contribution in [-0.2, 0) is 9.59 Å². The smallest absolute Gasteiger partial charge is 0.247 e. The van der Waals surface area contributed by atoms with Crippen LogP contribution in [-0.4, -0.2) is 17.9 Å². The van der Waals surface area contributed by atoms with E-state index in [1.54, 1.807) is 11.8 Å². The van der Waals surface area contributed by atoms with E-state index in [1.807, 2.05) is 62.4 Å². The van der Waals surface area contributed by atoms with Gasteiger partial charge >= 0.3 is 0 Å². The normalized spacial score (nSPS) is 11.9. The number of benzene rings is 2. The topological polar surface area (TPSA) is 58.2 Å². The third-order valence-electron chi connectivity index (χ3n) is 3.49. The Balaban J connectivity index is 2.03. The van der Waals surface area contributed by atoms with Crippen molar-refractivity contribution in [2.45, 2.75) is 36.6 Å². The molecule has 0 spiro atoms. The van der Waals surface area contributed by atoms with E-state index in [2.05, 4.69) is 10.6 Å². The highest BCUT2D eigenvalue weighted by molar-refractivity contribution is 7.99. The molecule has 25 heavy (non-hydrogen) atoms. The van der Waals surface area contributed by atoms with Gasteiger partial charge in [0.25, 0.3) is 0 Å². The molecular weight excluding hydrogens is 356 g/mol. The standard InChI is InChI=1S/C19H21ClN2O2S/c1-12(2)18(21-13(3)23)19(24)22-14-8-10-15(11-9-14)25-17-7-5-4-6-16(17)20/h4-12,18H,1-3H3,(H,21,23)(H,22,24). The number of amides is 2. The van der Waals surface area contributed by atoms with Gasteiger partial charge in [0.05, 0.1) is 5.02 Å². The van der Waals surface area contributed by atoms with Crippen molar-refractivity contribution >= 4 is 40.9 Å². The van der Waals surface area contributed by atoms with Gasteiger partial charge in [0, 0.05) is 22.4 Å². The zero-order chi connectivity index (χ0) is 18.4. The average Bonchev–Trinajstić information content (AvgIpc) is 2.56. The van der Waals surface area contributed by atoms with Crippen LogP contribution in [0.4, 0.5) is 5.69 Å². The summed E-state index contributed by atoms with van der Waals surface area (Å²) in [6.07, 6.45) is 0. The number of nitrogens with one attached hydrogen (secondary N) is 2. The summed E-state index contributed by atoms with van der Waals surface area (Å²) in [4.78, 5) is 25.6. The van der Waals surface area contributed by atoms with Crippen LogP contribution < -0.4 is 10.6 Å². The van der Waals surface area contributed by atoms with Crippen molar-refractivity contribution in [1.29, 1.82) is 0 Å². The number of anilines is 1. The third-order valence-corrected chi connectivity index (χ3v) is 5.02. The van der Waals surface area contributed by atoms with Crippen LogP contribution in [0, 0.1) is 5.92 Å². The molecule has 132 valence electrons. The molecule has 2 aromatic carbocycles. The summed E-state index contributed by atoms with van der Waals surface area (Å²) >= 11 is 7.73. The first-order chi connectivity index (χ1) is 11.9. The fourth-order valence-corrected chi connectivity index (χ4v) is 3.32. The van der Waals surface area contributed by atoms with Gasteiger partial charge in [-0.3, -0.25) is 9.59 Å². The molecular formula is C19H21ClN2O2S. The molecule has 1 unspecified atom stereocenters. The molecule has 0 radical (unpaired) electrons. The molecule has 4 nitrogen and oxygen atoms in total. The minimum atomic E-state index is -0.560. The lowest BCUT2D eigenvalue weighted by atomic mass is 10.0. The lowest BCUT2D eigenvalue weighted by molar-refractivity contribution is -0.126. The zero-order valence-electron chi connectivity index (χ0n) is 14.4. The van der Waals surface area contributed by atoms with Gasteiger partial charge in [0.2, 0.25) is 11.8 Å². The Bertz CT molecular complexity index is 747. The molecule has 2 aromatic rings. The van der Waals surface area contributed by atoms with Crippen molar-refractivity contribution in [2.24, 2.45) is 5.92 Å². The second-order valence-corrected chi connectivity index (χ2v) is 7.49. The van der Waals surface area contributed by atoms with E-state index >= 15 is 0 Å². The van der Waals surface area contributed by atoms with Crippen molar-refractivity contribution in [3.63, 3.8) is 0 Å². The Morgan fingerprint density at radius 1 is 1.04 bits per heavy atom. The van der Waals surface area contributed by atoms with Crippen LogP contribution in [0.5, 0.6) is 0 Å². The molecule has 0 heterocycles. The Kier molecular flexibility index (Phi) is 6.91. The Morgan fingerprint density at radius 2 is 1.68 bits per heavy atom. The van der Waals surface area contributed by atoms with E-state index in [0.717, 1.165) is 9.79 Å². The number of carbonyl (C=O) groups excluding carboxylic acids is 2. The van der Waals surface area contributed by atoms with Crippen LogP contribution in [0.15, 0.2) is 58.3 Å². The van der Waals surface area contributed by atoms with Gasteiger partial charge in [-0.05, 0) is 42.3 Å². The molecule has 0 aliphatic carbocycles. The van der Waals surface area contributed by atoms with Crippen LogP contribution in [0.3, 0.4) is 0 Å². The summed E-state index contributed by atoms with van der Waals surface area (Å²) in [5.41, 5.74) is 0.685. The lowest BCUT2D eigenvalue weighted by Gasteiger charge is -2.21. The van der Waals surface area contributed by atoms with E-state index in [4.69, 9.17) is 11.6 Å². The molecule has 1 atom stereocenters. The molecule has 0 saturated carbocycles. The molecule has 0 aliphatic rings. The number of hydrogen-bond acceptors (Lipinski definition) is 3. The molecule has 2 rings (SSSR count). The van der Waals surface area contributed by atoms with Gasteiger partial charge in [0.15, 0.2) is 0 Å². The van der Waals surface area contributed by atoms with Crippen molar-refractivity contribution in [3.05, 3.63) is 53.6 Å². The quantitative estimate of drug-likeness (QED) is 0.775. The molecule has 2 N–H and O–H groups in total. The molecule has 0 aromatic heterocycles. The van der Waals surface area contributed by atoms with Crippen LogP contribution in [0.2, 0.25) is 5.02 Å². The van der Waals surface area contributed by atoms with E-state index in [9.17, 15) is 9.59 Å². The average molecular weight is 377 g/mol. The van der Waals surface area contributed by atoms with Gasteiger partial charge in [-0.2, -0.15) is 0 Å². The Labute approximate surface area is 157 Å². The molecule has 0 saturated heterocycles. The van der Waals surface area contributed by atoms with E-state index in [0.29, 0.717) is 10.7 Å². The van der Waals surface area contributed by atoms with E-state index < -0.39 is 6.04 Å². The molecule has 0 aliphatic heterocycles. The van der Waals surface area contributed by atoms with E-state index in [1.165, 1.54) is 6.92 Å². The number of rotatable bonds is 6. The highest BCUT2D eigenvalue weighted by atomic mass is 35.5. The summed E-state index contributed by atoms with van der Waals surface area (Å²) in [5, 5.41) is 6.23. The highest BCUT2D eigenvalue weighted by Crippen LogP contribution is 2.33. The predicted octanol–water partition coefficient (Wildman–Crippen LogP) is 4.59. The maximum Gasteiger partial charge on any atom is 0.247 e. The van der Waals surface area contributed by atoms with Crippen LogP contribution in [0.1, 0.15) is 20.8 Å². The minimum Gasteiger partial charge on any atom is -0.344 e. The van der Waals surface area contributed by atoms with Gasteiger partial charge in [-0.25, -0.2) is 0 Å². The molecule has 0 bridgehead atoms. The summed E-state index contributed by atoms with van der Waals surface area (Å²) < 4.78 is 0. The molecule has 0 fully saturated rings. The van der Waals surface area contributed by atoms with Crippen LogP contribution >= 0.6 is 23.4 Å². The summed E-state index contributed by atoms with van der Waals surface area (Å²) in [6.45, 7) is 5.19. The highest BCUT2D eigenvalue weighted by Gasteiger charge is 2.22. The number of carbonyl (C=O) groups is 2. The predicted molar refractivity (Wildman–Crippen MR) is 103 cm³/mol. The summed E-state index contributed by atoms with van der Waals surface area (Å²) in [5.74, 6) is -0.448. The van der Waals surface area contributed by atoms with E-state index in [-0.39, 0.29) is 17.7 Å². The van der Waals surface area contributed by atoms with Crippen LogP contribution in [0.25, 0.3) is 0 Å². The summed E-state index contributed by atoms with van der Waals surface area (Å²) in [6, 6.07) is 14.6. The van der Waals surface area contributed by atoms with Gasteiger partial charge in [-0.1, -0.05) is 49.3 Å². The fourth-order valence-electron chi connectivity index (χ4n) is 2.23. The first-order valence-corrected chi connectivity index (χ1v) is 9.16. The number of halogens is 1. The Hall–Kier alpha value is -1.98. The second kappa shape index (κ2) is 8.92. The maximum atomic E-state index is 12.4. The van der Waals surface area contributed by atoms with Gasteiger partial charge in [0.1, 0.15) is 6.04 Å². The van der Waals surface area contributed by atoms with Gasteiger partial charge in [-0.15, -0.1) is 0 Å². The molecule has 6 heteroatoms. The van der Waals surface area contributed by atoms with Crippen molar-refractivity contribution in [2.75, 3.05) is 5.32 Å². The maximum absolute atomic E-state index is 12.4.